The molecule has 162 valence electrons. The number of hydrogen-bond acceptors (Lipinski definition) is 6. The highest BCUT2D eigenvalue weighted by molar-refractivity contribution is 6.32. The summed E-state index contributed by atoms with van der Waals surface area (Å²) in [6.07, 6.45) is 3.39. The number of rotatable bonds is 7. The van der Waals surface area contributed by atoms with Crippen LogP contribution in [0, 0.1) is 0 Å². The van der Waals surface area contributed by atoms with Crippen molar-refractivity contribution in [1.29, 1.82) is 0 Å². The second-order valence-electron chi connectivity index (χ2n) is 7.43. The van der Waals surface area contributed by atoms with Crippen LogP contribution in [0.4, 0.5) is 11.5 Å². The minimum absolute atomic E-state index is 0.129. The van der Waals surface area contributed by atoms with Crippen LogP contribution in [0.5, 0.6) is 11.5 Å². The molecule has 0 aliphatic carbocycles. The Morgan fingerprint density at radius 1 is 1.26 bits per heavy atom. The first kappa shape index (κ1) is 21.2. The molecule has 0 saturated heterocycles. The van der Waals surface area contributed by atoms with Gasteiger partial charge in [0.15, 0.2) is 6.10 Å². The molecule has 0 bridgehead atoms. The number of fused-ring (bicyclic) bond motifs is 2. The summed E-state index contributed by atoms with van der Waals surface area (Å²) in [5, 5.41) is 7.76. The van der Waals surface area contributed by atoms with Gasteiger partial charge in [0, 0.05) is 17.5 Å². The van der Waals surface area contributed by atoms with Crippen LogP contribution in [0.15, 0.2) is 30.6 Å². The predicted molar refractivity (Wildman–Crippen MR) is 122 cm³/mol. The molecule has 2 heterocycles. The Morgan fingerprint density at radius 3 is 2.81 bits per heavy atom. The molecule has 1 amide bonds. The molecule has 3 aromatic rings. The summed E-state index contributed by atoms with van der Waals surface area (Å²) in [7, 11) is 1.59. The van der Waals surface area contributed by atoms with Crippen molar-refractivity contribution in [2.75, 3.05) is 17.7 Å². The average molecular weight is 441 g/mol. The van der Waals surface area contributed by atoms with Crippen molar-refractivity contribution in [2.24, 2.45) is 0 Å². The zero-order valence-electron chi connectivity index (χ0n) is 17.8. The molecule has 0 radical (unpaired) electrons. The van der Waals surface area contributed by atoms with Crippen molar-refractivity contribution >= 4 is 39.9 Å². The lowest BCUT2D eigenvalue weighted by Gasteiger charge is -2.28. The molecule has 1 atom stereocenters. The Balaban J connectivity index is 1.72. The molecule has 8 heteroatoms. The highest BCUT2D eigenvalue weighted by Crippen LogP contribution is 2.41. The molecule has 1 aliphatic heterocycles. The molecule has 31 heavy (non-hydrogen) atoms. The highest BCUT2D eigenvalue weighted by Gasteiger charge is 2.29. The van der Waals surface area contributed by atoms with E-state index in [1.54, 1.807) is 13.4 Å². The molecule has 0 spiro atoms. The van der Waals surface area contributed by atoms with Gasteiger partial charge in [-0.1, -0.05) is 37.9 Å². The second-order valence-corrected chi connectivity index (χ2v) is 7.83. The van der Waals surface area contributed by atoms with Gasteiger partial charge in [-0.05, 0) is 36.6 Å². The summed E-state index contributed by atoms with van der Waals surface area (Å²) in [6.45, 7) is 4.57. The van der Waals surface area contributed by atoms with Crippen molar-refractivity contribution in [3.8, 4) is 11.5 Å². The van der Waals surface area contributed by atoms with Crippen LogP contribution in [-0.4, -0.2) is 29.1 Å². The standard InChI is InChI=1S/C23H25ClN4O3/c1-4-6-14-20-15(10-17-21(14)31-18(5-2)23(29)28-17)22(27-12-26-20)25-11-13-7-8-19(30-3)16(24)9-13/h7-10,12,18H,4-6,11H2,1-3H3,(H,28,29)(H,25,26,27). The fourth-order valence-corrected chi connectivity index (χ4v) is 4.07. The summed E-state index contributed by atoms with van der Waals surface area (Å²) in [5.41, 5.74) is 3.48. The van der Waals surface area contributed by atoms with Crippen LogP contribution in [0.25, 0.3) is 10.9 Å². The molecule has 2 N–H and O–H groups in total. The molecule has 1 unspecified atom stereocenters. The molecule has 4 rings (SSSR count). The summed E-state index contributed by atoms with van der Waals surface area (Å²) in [6, 6.07) is 7.53. The number of amides is 1. The first-order valence-electron chi connectivity index (χ1n) is 10.4. The Labute approximate surface area is 186 Å². The summed E-state index contributed by atoms with van der Waals surface area (Å²) < 4.78 is 11.3. The summed E-state index contributed by atoms with van der Waals surface area (Å²) in [4.78, 5) is 21.4. The van der Waals surface area contributed by atoms with Gasteiger partial charge in [-0.2, -0.15) is 0 Å². The van der Waals surface area contributed by atoms with Crippen molar-refractivity contribution in [3.05, 3.63) is 46.7 Å². The van der Waals surface area contributed by atoms with Crippen molar-refractivity contribution in [1.82, 2.24) is 9.97 Å². The van der Waals surface area contributed by atoms with Gasteiger partial charge in [0.25, 0.3) is 5.91 Å². The number of ether oxygens (including phenoxy) is 2. The number of benzene rings is 2. The number of halogens is 1. The number of aryl methyl sites for hydroxylation is 1. The lowest BCUT2D eigenvalue weighted by Crippen LogP contribution is -2.36. The van der Waals surface area contributed by atoms with Gasteiger partial charge in [0.2, 0.25) is 0 Å². The molecule has 0 saturated carbocycles. The number of anilines is 2. The monoisotopic (exact) mass is 440 g/mol. The number of hydrogen-bond donors (Lipinski definition) is 2. The Hall–Kier alpha value is -3.06. The lowest BCUT2D eigenvalue weighted by atomic mass is 10.0. The SMILES string of the molecule is CCCc1c2c(cc3c(NCc4ccc(OC)c(Cl)c4)ncnc13)NC(=O)C(CC)O2. The van der Waals surface area contributed by atoms with Crippen molar-refractivity contribution in [3.63, 3.8) is 0 Å². The van der Waals surface area contributed by atoms with E-state index < -0.39 is 6.10 Å². The summed E-state index contributed by atoms with van der Waals surface area (Å²) in [5.74, 6) is 1.90. The maximum absolute atomic E-state index is 12.4. The third kappa shape index (κ3) is 4.10. The van der Waals surface area contributed by atoms with E-state index in [9.17, 15) is 4.79 Å². The van der Waals surface area contributed by atoms with Crippen LogP contribution in [-0.2, 0) is 17.8 Å². The zero-order chi connectivity index (χ0) is 22.0. The Kier molecular flexibility index (Phi) is 6.13. The number of nitrogens with zero attached hydrogens (tertiary/aromatic N) is 2. The number of methoxy groups -OCH3 is 1. The third-order valence-electron chi connectivity index (χ3n) is 5.33. The van der Waals surface area contributed by atoms with Crippen molar-refractivity contribution in [2.45, 2.75) is 45.8 Å². The van der Waals surface area contributed by atoms with Crippen LogP contribution < -0.4 is 20.1 Å². The van der Waals surface area contributed by atoms with Crippen LogP contribution in [0.1, 0.15) is 37.8 Å². The van der Waals surface area contributed by atoms with Gasteiger partial charge in [-0.15, -0.1) is 0 Å². The van der Waals surface area contributed by atoms with Crippen molar-refractivity contribution < 1.29 is 14.3 Å². The quantitative estimate of drug-likeness (QED) is 0.539. The fraction of sp³-hybridized carbons (Fsp3) is 0.348. The summed E-state index contributed by atoms with van der Waals surface area (Å²) >= 11 is 6.25. The lowest BCUT2D eigenvalue weighted by molar-refractivity contribution is -0.123. The van der Waals surface area contributed by atoms with E-state index in [1.165, 1.54) is 0 Å². The predicted octanol–water partition coefficient (Wildman–Crippen LogP) is 4.97. The number of carbonyl (C=O) groups excluding carboxylic acids is 1. The van der Waals surface area contributed by atoms with Gasteiger partial charge >= 0.3 is 0 Å². The van der Waals surface area contributed by atoms with E-state index in [2.05, 4.69) is 27.5 Å². The molecule has 1 aromatic heterocycles. The van der Waals surface area contributed by atoms with E-state index in [4.69, 9.17) is 21.1 Å². The highest BCUT2D eigenvalue weighted by atomic mass is 35.5. The Bertz CT molecular complexity index is 1140. The molecule has 2 aromatic carbocycles. The molecule has 7 nitrogen and oxygen atoms in total. The van der Waals surface area contributed by atoms with Gasteiger partial charge < -0.3 is 20.1 Å². The zero-order valence-corrected chi connectivity index (χ0v) is 18.5. The minimum Gasteiger partial charge on any atom is -0.495 e. The number of aromatic nitrogens is 2. The molecular weight excluding hydrogens is 416 g/mol. The average Bonchev–Trinajstić information content (AvgIpc) is 2.77. The first-order chi connectivity index (χ1) is 15.0. The Morgan fingerprint density at radius 2 is 2.10 bits per heavy atom. The van der Waals surface area contributed by atoms with E-state index in [-0.39, 0.29) is 5.91 Å². The minimum atomic E-state index is -0.486. The van der Waals surface area contributed by atoms with Crippen LogP contribution in [0.3, 0.4) is 0 Å². The topological polar surface area (TPSA) is 85.4 Å². The molecule has 0 fully saturated rings. The number of nitrogens with one attached hydrogen (secondary N) is 2. The third-order valence-corrected chi connectivity index (χ3v) is 5.63. The van der Waals surface area contributed by atoms with Gasteiger partial charge in [-0.25, -0.2) is 9.97 Å². The van der Waals surface area contributed by atoms with E-state index in [0.717, 1.165) is 34.9 Å². The fourth-order valence-electron chi connectivity index (χ4n) is 3.79. The first-order valence-corrected chi connectivity index (χ1v) is 10.8. The van der Waals surface area contributed by atoms with Crippen LogP contribution >= 0.6 is 11.6 Å². The normalized spacial score (nSPS) is 15.2. The second kappa shape index (κ2) is 8.98. The van der Waals surface area contributed by atoms with E-state index in [0.29, 0.717) is 41.0 Å². The largest absolute Gasteiger partial charge is 0.495 e. The smallest absolute Gasteiger partial charge is 0.265 e. The number of carbonyl (C=O) groups is 1. The maximum Gasteiger partial charge on any atom is 0.265 e. The van der Waals surface area contributed by atoms with Crippen LogP contribution in [0.2, 0.25) is 5.02 Å². The van der Waals surface area contributed by atoms with Gasteiger partial charge in [-0.3, -0.25) is 4.79 Å². The van der Waals surface area contributed by atoms with E-state index >= 15 is 0 Å². The van der Waals surface area contributed by atoms with Gasteiger partial charge in [0.1, 0.15) is 23.6 Å². The molecule has 1 aliphatic rings. The maximum atomic E-state index is 12.4. The molecular formula is C23H25ClN4O3. The van der Waals surface area contributed by atoms with E-state index in [1.807, 2.05) is 31.2 Å². The van der Waals surface area contributed by atoms with Gasteiger partial charge in [0.05, 0.1) is 23.3 Å².